The van der Waals surface area contributed by atoms with E-state index < -0.39 is 11.6 Å². The molecule has 4 rings (SSSR count). The van der Waals surface area contributed by atoms with Gasteiger partial charge in [-0.25, -0.2) is 8.78 Å². The van der Waals surface area contributed by atoms with E-state index in [1.807, 2.05) is 0 Å². The smallest absolute Gasteiger partial charge is 0.227 e. The zero-order valence-electron chi connectivity index (χ0n) is 15.3. The maximum absolute atomic E-state index is 14.1. The standard InChI is InChI=1S/C20H26F2N2O3/c21-16-3-1-2-14(18(16)22)11-24-12-15(19-17(24)6-9-27-19)20(25)23-10-13-4-7-26-8-5-13/h1-3,13,15,17,19H,4-12H2,(H,23,25)/t15-,17+,19+/m0/s1. The molecule has 3 saturated heterocycles. The summed E-state index contributed by atoms with van der Waals surface area (Å²) in [5, 5.41) is 3.08. The highest BCUT2D eigenvalue weighted by Gasteiger charge is 2.48. The maximum atomic E-state index is 14.1. The molecule has 7 heteroatoms. The molecule has 1 amide bonds. The van der Waals surface area contributed by atoms with Gasteiger partial charge in [0, 0.05) is 51.1 Å². The van der Waals surface area contributed by atoms with Gasteiger partial charge in [0.2, 0.25) is 5.91 Å². The maximum Gasteiger partial charge on any atom is 0.227 e. The Morgan fingerprint density at radius 2 is 2.00 bits per heavy atom. The molecular weight excluding hydrogens is 354 g/mol. The van der Waals surface area contributed by atoms with Crippen LogP contribution in [0.4, 0.5) is 8.78 Å². The minimum absolute atomic E-state index is 0.000561. The Labute approximate surface area is 158 Å². The number of benzene rings is 1. The van der Waals surface area contributed by atoms with Crippen LogP contribution in [0.3, 0.4) is 0 Å². The number of carbonyl (C=O) groups is 1. The van der Waals surface area contributed by atoms with Gasteiger partial charge < -0.3 is 14.8 Å². The van der Waals surface area contributed by atoms with Crippen molar-refractivity contribution in [3.8, 4) is 0 Å². The van der Waals surface area contributed by atoms with Crippen molar-refractivity contribution in [1.82, 2.24) is 10.2 Å². The molecule has 27 heavy (non-hydrogen) atoms. The molecule has 0 aliphatic carbocycles. The summed E-state index contributed by atoms with van der Waals surface area (Å²) in [4.78, 5) is 14.8. The lowest BCUT2D eigenvalue weighted by molar-refractivity contribution is -0.128. The lowest BCUT2D eigenvalue weighted by atomic mass is 9.98. The number of fused-ring (bicyclic) bond motifs is 1. The second kappa shape index (κ2) is 8.20. The van der Waals surface area contributed by atoms with Crippen molar-refractivity contribution in [3.63, 3.8) is 0 Å². The summed E-state index contributed by atoms with van der Waals surface area (Å²) in [5.74, 6) is -1.45. The Kier molecular flexibility index (Phi) is 5.71. The molecule has 0 saturated carbocycles. The van der Waals surface area contributed by atoms with Crippen LogP contribution in [0.5, 0.6) is 0 Å². The molecule has 0 radical (unpaired) electrons. The SMILES string of the molecule is O=C(NCC1CCOCC1)[C@H]1CN(Cc2cccc(F)c2F)[C@@H]2CCO[C@H]12. The number of amides is 1. The average Bonchev–Trinajstić information content (AvgIpc) is 3.28. The number of nitrogens with zero attached hydrogens (tertiary/aromatic N) is 1. The Bertz CT molecular complexity index is 681. The molecular formula is C20H26F2N2O3. The van der Waals surface area contributed by atoms with E-state index in [2.05, 4.69) is 10.2 Å². The van der Waals surface area contributed by atoms with Crippen LogP contribution in [0.1, 0.15) is 24.8 Å². The van der Waals surface area contributed by atoms with E-state index in [1.54, 1.807) is 6.07 Å². The first-order chi connectivity index (χ1) is 13.1. The van der Waals surface area contributed by atoms with E-state index in [0.717, 1.165) is 38.5 Å². The van der Waals surface area contributed by atoms with Gasteiger partial charge in [0.05, 0.1) is 12.0 Å². The van der Waals surface area contributed by atoms with E-state index in [9.17, 15) is 13.6 Å². The summed E-state index contributed by atoms with van der Waals surface area (Å²) < 4.78 is 38.8. The van der Waals surface area contributed by atoms with Crippen LogP contribution in [0, 0.1) is 23.5 Å². The predicted molar refractivity (Wildman–Crippen MR) is 95.0 cm³/mol. The van der Waals surface area contributed by atoms with Crippen LogP contribution in [0.2, 0.25) is 0 Å². The Morgan fingerprint density at radius 1 is 1.19 bits per heavy atom. The van der Waals surface area contributed by atoms with E-state index in [4.69, 9.17) is 9.47 Å². The van der Waals surface area contributed by atoms with Gasteiger partial charge in [-0.15, -0.1) is 0 Å². The average molecular weight is 380 g/mol. The summed E-state index contributed by atoms with van der Waals surface area (Å²) >= 11 is 0. The number of hydrogen-bond acceptors (Lipinski definition) is 4. The van der Waals surface area contributed by atoms with E-state index in [0.29, 0.717) is 31.2 Å². The molecule has 5 nitrogen and oxygen atoms in total. The zero-order chi connectivity index (χ0) is 18.8. The number of halogens is 2. The van der Waals surface area contributed by atoms with Gasteiger partial charge in [0.1, 0.15) is 0 Å². The minimum Gasteiger partial charge on any atom is -0.381 e. The van der Waals surface area contributed by atoms with Crippen molar-refractivity contribution < 1.29 is 23.0 Å². The highest BCUT2D eigenvalue weighted by Crippen LogP contribution is 2.35. The first kappa shape index (κ1) is 18.8. The van der Waals surface area contributed by atoms with Gasteiger partial charge in [-0.2, -0.15) is 0 Å². The van der Waals surface area contributed by atoms with Gasteiger partial charge in [-0.3, -0.25) is 9.69 Å². The fraction of sp³-hybridized carbons (Fsp3) is 0.650. The summed E-state index contributed by atoms with van der Waals surface area (Å²) in [5.41, 5.74) is 0.323. The second-order valence-corrected chi connectivity index (χ2v) is 7.74. The number of carbonyl (C=O) groups excluding carboxylic acids is 1. The fourth-order valence-corrected chi connectivity index (χ4v) is 4.50. The van der Waals surface area contributed by atoms with Crippen molar-refractivity contribution in [2.45, 2.75) is 38.0 Å². The molecule has 1 N–H and O–H groups in total. The molecule has 1 aromatic carbocycles. The van der Waals surface area contributed by atoms with Crippen LogP contribution in [-0.2, 0) is 20.8 Å². The molecule has 3 aliphatic rings. The van der Waals surface area contributed by atoms with Crippen molar-refractivity contribution >= 4 is 5.91 Å². The molecule has 148 valence electrons. The lowest BCUT2D eigenvalue weighted by Gasteiger charge is -2.23. The lowest BCUT2D eigenvalue weighted by Crippen LogP contribution is -2.40. The molecule has 3 atom stereocenters. The molecule has 3 heterocycles. The third kappa shape index (κ3) is 4.00. The summed E-state index contributed by atoms with van der Waals surface area (Å²) in [7, 11) is 0. The second-order valence-electron chi connectivity index (χ2n) is 7.74. The van der Waals surface area contributed by atoms with Crippen molar-refractivity contribution in [2.24, 2.45) is 11.8 Å². The van der Waals surface area contributed by atoms with E-state index in [-0.39, 0.29) is 30.5 Å². The molecule has 0 aromatic heterocycles. The number of ether oxygens (including phenoxy) is 2. The van der Waals surface area contributed by atoms with Crippen molar-refractivity contribution in [1.29, 1.82) is 0 Å². The summed E-state index contributed by atoms with van der Waals surface area (Å²) in [6.07, 6.45) is 2.58. The number of hydrogen-bond donors (Lipinski definition) is 1. The normalized spacial score (nSPS) is 29.0. The van der Waals surface area contributed by atoms with Crippen LogP contribution in [0.15, 0.2) is 18.2 Å². The fourth-order valence-electron chi connectivity index (χ4n) is 4.50. The predicted octanol–water partition coefficient (Wildman–Crippen LogP) is 2.10. The van der Waals surface area contributed by atoms with Crippen LogP contribution >= 0.6 is 0 Å². The highest BCUT2D eigenvalue weighted by molar-refractivity contribution is 5.80. The third-order valence-corrected chi connectivity index (χ3v) is 6.05. The first-order valence-corrected chi connectivity index (χ1v) is 9.77. The van der Waals surface area contributed by atoms with Gasteiger partial charge in [-0.1, -0.05) is 12.1 Å². The largest absolute Gasteiger partial charge is 0.381 e. The summed E-state index contributed by atoms with van der Waals surface area (Å²) in [6, 6.07) is 4.31. The Morgan fingerprint density at radius 3 is 2.81 bits per heavy atom. The highest BCUT2D eigenvalue weighted by atomic mass is 19.2. The molecule has 0 bridgehead atoms. The van der Waals surface area contributed by atoms with Crippen LogP contribution < -0.4 is 5.32 Å². The Hall–Kier alpha value is -1.57. The quantitative estimate of drug-likeness (QED) is 0.850. The topological polar surface area (TPSA) is 50.8 Å². The molecule has 1 aromatic rings. The molecule has 3 fully saturated rings. The zero-order valence-corrected chi connectivity index (χ0v) is 15.3. The minimum atomic E-state index is -0.836. The van der Waals surface area contributed by atoms with Gasteiger partial charge in [-0.05, 0) is 31.2 Å². The van der Waals surface area contributed by atoms with Crippen LogP contribution in [0.25, 0.3) is 0 Å². The number of rotatable bonds is 5. The van der Waals surface area contributed by atoms with Gasteiger partial charge in [0.15, 0.2) is 11.6 Å². The van der Waals surface area contributed by atoms with Gasteiger partial charge >= 0.3 is 0 Å². The van der Waals surface area contributed by atoms with E-state index >= 15 is 0 Å². The summed E-state index contributed by atoms with van der Waals surface area (Å²) in [6.45, 7) is 3.56. The molecule has 0 spiro atoms. The van der Waals surface area contributed by atoms with Crippen LogP contribution in [-0.4, -0.2) is 55.9 Å². The molecule has 3 aliphatic heterocycles. The van der Waals surface area contributed by atoms with Crippen molar-refractivity contribution in [2.75, 3.05) is 32.9 Å². The Balaban J connectivity index is 1.39. The first-order valence-electron chi connectivity index (χ1n) is 9.77. The van der Waals surface area contributed by atoms with Crippen molar-refractivity contribution in [3.05, 3.63) is 35.4 Å². The number of nitrogens with one attached hydrogen (secondary N) is 1. The molecule has 0 unspecified atom stereocenters. The monoisotopic (exact) mass is 380 g/mol. The number of likely N-dealkylation sites (tertiary alicyclic amines) is 1. The van der Waals surface area contributed by atoms with E-state index in [1.165, 1.54) is 6.07 Å². The third-order valence-electron chi connectivity index (χ3n) is 6.05. The van der Waals surface area contributed by atoms with Gasteiger partial charge in [0.25, 0.3) is 0 Å².